The number of benzene rings is 9. The maximum absolute atomic E-state index is 2.88. The molecule has 0 saturated heterocycles. The van der Waals surface area contributed by atoms with Crippen LogP contribution in [0.1, 0.15) is 0 Å². The summed E-state index contributed by atoms with van der Waals surface area (Å²) >= 11 is 0. The number of para-hydroxylation sites is 4. The van der Waals surface area contributed by atoms with E-state index in [2.05, 4.69) is 240 Å². The number of fused-ring (bicyclic) bond motifs is 7. The fourth-order valence-electron chi connectivity index (χ4n) is 9.59. The van der Waals surface area contributed by atoms with Gasteiger partial charge in [0.15, 0.2) is 8.07 Å². The molecule has 0 unspecified atom stereocenters. The fourth-order valence-corrected chi connectivity index (χ4v) is 14.6. The highest BCUT2D eigenvalue weighted by atomic mass is 28.3. The summed E-state index contributed by atoms with van der Waals surface area (Å²) in [6.45, 7) is 0. The zero-order chi connectivity index (χ0) is 37.8. The van der Waals surface area contributed by atoms with Crippen molar-refractivity contribution in [2.45, 2.75) is 0 Å². The van der Waals surface area contributed by atoms with Gasteiger partial charge in [-0.25, -0.2) is 0 Å². The van der Waals surface area contributed by atoms with Gasteiger partial charge in [0.1, 0.15) is 0 Å². The predicted octanol–water partition coefficient (Wildman–Crippen LogP) is 10.9. The monoisotopic (exact) mass is 742 g/mol. The van der Waals surface area contributed by atoms with Crippen LogP contribution in [0.2, 0.25) is 0 Å². The van der Waals surface area contributed by atoms with E-state index in [1.807, 2.05) is 0 Å². The quantitative estimate of drug-likeness (QED) is 0.114. The Morgan fingerprint density at radius 1 is 0.281 bits per heavy atom. The van der Waals surface area contributed by atoms with E-state index in [1.54, 1.807) is 0 Å². The van der Waals surface area contributed by atoms with Crippen LogP contribution in [-0.2, 0) is 0 Å². The first-order chi connectivity index (χ1) is 28.3. The van der Waals surface area contributed by atoms with Crippen molar-refractivity contribution < 1.29 is 0 Å². The number of rotatable bonds is 7. The number of hydrogen-bond donors (Lipinski definition) is 0. The van der Waals surface area contributed by atoms with Crippen molar-refractivity contribution in [1.29, 1.82) is 0 Å². The van der Waals surface area contributed by atoms with E-state index in [0.29, 0.717) is 0 Å². The molecule has 0 fully saturated rings. The van der Waals surface area contributed by atoms with E-state index in [0.717, 1.165) is 11.4 Å². The summed E-state index contributed by atoms with van der Waals surface area (Å²) in [6, 6.07) is 85.2. The third-order valence-electron chi connectivity index (χ3n) is 11.9. The molecule has 0 aliphatic heterocycles. The molecule has 2 nitrogen and oxygen atoms in total. The molecule has 0 N–H and O–H groups in total. The predicted molar refractivity (Wildman–Crippen MR) is 244 cm³/mol. The lowest BCUT2D eigenvalue weighted by Crippen LogP contribution is -2.75. The number of aromatic nitrogens is 2. The topological polar surface area (TPSA) is 9.86 Å². The Hall–Kier alpha value is -7.20. The summed E-state index contributed by atoms with van der Waals surface area (Å²) in [5.41, 5.74) is 9.62. The van der Waals surface area contributed by atoms with E-state index in [4.69, 9.17) is 0 Å². The van der Waals surface area contributed by atoms with Gasteiger partial charge < -0.3 is 9.13 Å². The second-order valence-electron chi connectivity index (χ2n) is 14.8. The average Bonchev–Trinajstić information content (AvgIpc) is 3.82. The summed E-state index contributed by atoms with van der Waals surface area (Å²) in [6.07, 6.45) is 0. The lowest BCUT2D eigenvalue weighted by Gasteiger charge is -2.36. The largest absolute Gasteiger partial charge is 0.309 e. The summed E-state index contributed by atoms with van der Waals surface area (Å²) in [5, 5.41) is 10.4. The van der Waals surface area contributed by atoms with E-state index in [1.165, 1.54) is 75.5 Å². The van der Waals surface area contributed by atoms with E-state index >= 15 is 0 Å². The normalized spacial score (nSPS) is 11.9. The third kappa shape index (κ3) is 5.03. The Bertz CT molecular complexity index is 3110. The standard InChI is InChI=1S/C54H38N2Si/c1-6-21-39(22-7-1)55-49-35-18-16-32-48(49)52-50(55)38-37-47-46-34-20-33-45(53(46)56(54(47)52)40-23-8-2-9-24-40)44-31-17-19-36-51(44)57(41-25-10-3-11-26-41,42-27-12-4-13-28-42)43-29-14-5-15-30-43/h1-38H. The van der Waals surface area contributed by atoms with Gasteiger partial charge in [-0.3, -0.25) is 0 Å². The van der Waals surface area contributed by atoms with Crippen molar-refractivity contribution in [3.8, 4) is 22.5 Å². The molecule has 0 spiro atoms. The van der Waals surface area contributed by atoms with Crippen LogP contribution in [0.15, 0.2) is 231 Å². The zero-order valence-electron chi connectivity index (χ0n) is 31.3. The number of hydrogen-bond acceptors (Lipinski definition) is 0. The molecule has 0 aliphatic rings. The molecule has 0 radical (unpaired) electrons. The number of nitrogens with zero attached hydrogens (tertiary/aromatic N) is 2. The smallest absolute Gasteiger partial charge is 0.180 e. The molecule has 11 aromatic rings. The van der Waals surface area contributed by atoms with Gasteiger partial charge in [0.2, 0.25) is 0 Å². The van der Waals surface area contributed by atoms with Crippen LogP contribution in [-0.4, -0.2) is 17.2 Å². The maximum Gasteiger partial charge on any atom is 0.180 e. The summed E-state index contributed by atoms with van der Waals surface area (Å²) in [7, 11) is -2.88. The van der Waals surface area contributed by atoms with Crippen LogP contribution in [0.5, 0.6) is 0 Å². The van der Waals surface area contributed by atoms with Crippen molar-refractivity contribution in [2.75, 3.05) is 0 Å². The third-order valence-corrected chi connectivity index (χ3v) is 16.7. The van der Waals surface area contributed by atoms with Crippen molar-refractivity contribution in [3.63, 3.8) is 0 Å². The Morgan fingerprint density at radius 2 is 0.737 bits per heavy atom. The van der Waals surface area contributed by atoms with Crippen molar-refractivity contribution >= 4 is 72.4 Å². The molecule has 2 aromatic heterocycles. The maximum atomic E-state index is 2.55. The molecule has 0 bridgehead atoms. The molecule has 9 aromatic carbocycles. The minimum Gasteiger partial charge on any atom is -0.309 e. The van der Waals surface area contributed by atoms with Gasteiger partial charge in [-0.15, -0.1) is 0 Å². The van der Waals surface area contributed by atoms with Crippen LogP contribution in [0, 0.1) is 0 Å². The molecule has 0 atom stereocenters. The van der Waals surface area contributed by atoms with Crippen molar-refractivity contribution in [2.24, 2.45) is 0 Å². The van der Waals surface area contributed by atoms with Gasteiger partial charge in [-0.1, -0.05) is 194 Å². The van der Waals surface area contributed by atoms with E-state index in [-0.39, 0.29) is 0 Å². The van der Waals surface area contributed by atoms with Gasteiger partial charge >= 0.3 is 0 Å². The molecule has 3 heteroatoms. The van der Waals surface area contributed by atoms with Crippen LogP contribution in [0.25, 0.3) is 66.1 Å². The van der Waals surface area contributed by atoms with Crippen LogP contribution in [0.3, 0.4) is 0 Å². The summed E-state index contributed by atoms with van der Waals surface area (Å²) in [4.78, 5) is 0. The zero-order valence-corrected chi connectivity index (χ0v) is 32.3. The average molecular weight is 743 g/mol. The highest BCUT2D eigenvalue weighted by Crippen LogP contribution is 2.44. The Morgan fingerprint density at radius 3 is 1.35 bits per heavy atom. The van der Waals surface area contributed by atoms with Crippen molar-refractivity contribution in [1.82, 2.24) is 9.13 Å². The Labute approximate surface area is 333 Å². The minimum atomic E-state index is -2.88. The lowest BCUT2D eigenvalue weighted by molar-refractivity contribution is 1.17. The lowest BCUT2D eigenvalue weighted by atomic mass is 10.0. The van der Waals surface area contributed by atoms with Crippen molar-refractivity contribution in [3.05, 3.63) is 231 Å². The second kappa shape index (κ2) is 13.5. The van der Waals surface area contributed by atoms with Gasteiger partial charge in [-0.2, -0.15) is 0 Å². The van der Waals surface area contributed by atoms with Crippen LogP contribution >= 0.6 is 0 Å². The van der Waals surface area contributed by atoms with Crippen LogP contribution < -0.4 is 20.7 Å². The first-order valence-electron chi connectivity index (χ1n) is 19.7. The Kier molecular flexibility index (Phi) is 7.87. The Balaban J connectivity index is 1.31. The highest BCUT2D eigenvalue weighted by Gasteiger charge is 2.43. The van der Waals surface area contributed by atoms with E-state index in [9.17, 15) is 0 Å². The van der Waals surface area contributed by atoms with Gasteiger partial charge in [0.25, 0.3) is 0 Å². The summed E-state index contributed by atoms with van der Waals surface area (Å²) < 4.78 is 4.98. The molecule has 0 saturated carbocycles. The first kappa shape index (κ1) is 33.2. The minimum absolute atomic E-state index is 1.14. The molecule has 2 heterocycles. The molecule has 11 rings (SSSR count). The highest BCUT2D eigenvalue weighted by molar-refractivity contribution is 7.20. The SMILES string of the molecule is c1ccc(-n2c3ccccc3c3c2ccc2c4cccc(-c5ccccc5[Si](c5ccccc5)(c5ccccc5)c5ccccc5)c4n(-c4ccccc4)c23)cc1. The molecule has 57 heavy (non-hydrogen) atoms. The van der Waals surface area contributed by atoms with Gasteiger partial charge in [0.05, 0.1) is 22.1 Å². The first-order valence-corrected chi connectivity index (χ1v) is 21.7. The summed E-state index contributed by atoms with van der Waals surface area (Å²) in [5.74, 6) is 0. The second-order valence-corrected chi connectivity index (χ2v) is 18.6. The molecule has 0 amide bonds. The van der Waals surface area contributed by atoms with Crippen LogP contribution in [0.4, 0.5) is 0 Å². The fraction of sp³-hybridized carbons (Fsp3) is 0. The molecule has 268 valence electrons. The molecular weight excluding hydrogens is 705 g/mol. The van der Waals surface area contributed by atoms with Gasteiger partial charge in [0, 0.05) is 38.5 Å². The van der Waals surface area contributed by atoms with E-state index < -0.39 is 8.07 Å². The molecule has 0 aliphatic carbocycles. The van der Waals surface area contributed by atoms with Gasteiger partial charge in [-0.05, 0) is 62.7 Å². The molecular formula is C54H38N2Si.